The summed E-state index contributed by atoms with van der Waals surface area (Å²) in [6, 6.07) is 0.0617. The van der Waals surface area contributed by atoms with Crippen LogP contribution in [-0.2, 0) is 9.53 Å². The van der Waals surface area contributed by atoms with Gasteiger partial charge in [0.2, 0.25) is 0 Å². The molecule has 0 spiro atoms. The Morgan fingerprint density at radius 3 is 2.80 bits per heavy atom. The second-order valence-electron chi connectivity index (χ2n) is 5.34. The Kier molecular flexibility index (Phi) is 7.36. The summed E-state index contributed by atoms with van der Waals surface area (Å²) < 4.78 is 5.30. The van der Waals surface area contributed by atoms with E-state index in [1.165, 1.54) is 0 Å². The first kappa shape index (κ1) is 16.8. The highest BCUT2D eigenvalue weighted by Gasteiger charge is 2.23. The van der Waals surface area contributed by atoms with Gasteiger partial charge in [-0.15, -0.1) is 0 Å². The monoisotopic (exact) mass is 286 g/mol. The van der Waals surface area contributed by atoms with E-state index in [9.17, 15) is 9.59 Å². The molecule has 6 heteroatoms. The number of hydrogen-bond acceptors (Lipinski definition) is 3. The number of urea groups is 1. The number of morpholine rings is 1. The van der Waals surface area contributed by atoms with Crippen molar-refractivity contribution in [3.8, 4) is 0 Å². The van der Waals surface area contributed by atoms with Crippen molar-refractivity contribution in [3.63, 3.8) is 0 Å². The second kappa shape index (κ2) is 8.79. The summed E-state index contributed by atoms with van der Waals surface area (Å²) in [6.45, 7) is 6.43. The van der Waals surface area contributed by atoms with Gasteiger partial charge in [0, 0.05) is 19.5 Å². The summed E-state index contributed by atoms with van der Waals surface area (Å²) >= 11 is 0. The molecule has 2 N–H and O–H groups in total. The van der Waals surface area contributed by atoms with Gasteiger partial charge in [0.25, 0.3) is 0 Å². The van der Waals surface area contributed by atoms with Gasteiger partial charge >= 0.3 is 12.0 Å². The number of carbonyl (C=O) groups excluding carboxylic acids is 1. The topological polar surface area (TPSA) is 78.9 Å². The number of aliphatic carboxylic acids is 1. The second-order valence-corrected chi connectivity index (χ2v) is 5.34. The van der Waals surface area contributed by atoms with Crippen LogP contribution in [0.4, 0.5) is 4.79 Å². The van der Waals surface area contributed by atoms with Crippen molar-refractivity contribution >= 4 is 12.0 Å². The SMILES string of the molecule is CCC(CCNC(=O)N1CCOCC1C)CCC(=O)O. The molecule has 2 unspecified atom stereocenters. The molecule has 2 atom stereocenters. The Hall–Kier alpha value is -1.30. The van der Waals surface area contributed by atoms with Crippen LogP contribution in [-0.4, -0.2) is 54.4 Å². The van der Waals surface area contributed by atoms with E-state index >= 15 is 0 Å². The summed E-state index contributed by atoms with van der Waals surface area (Å²) in [6.07, 6.45) is 2.65. The van der Waals surface area contributed by atoms with Gasteiger partial charge in [-0.25, -0.2) is 4.79 Å². The third kappa shape index (κ3) is 5.77. The first-order chi connectivity index (χ1) is 9.54. The number of nitrogens with zero attached hydrogens (tertiary/aromatic N) is 1. The van der Waals surface area contributed by atoms with E-state index in [1.54, 1.807) is 4.90 Å². The Morgan fingerprint density at radius 2 is 2.20 bits per heavy atom. The molecule has 0 aromatic carbocycles. The maximum Gasteiger partial charge on any atom is 0.317 e. The zero-order valence-corrected chi connectivity index (χ0v) is 12.4. The summed E-state index contributed by atoms with van der Waals surface area (Å²) in [5, 5.41) is 11.6. The molecular formula is C14H26N2O4. The van der Waals surface area contributed by atoms with E-state index in [0.717, 1.165) is 12.8 Å². The minimum absolute atomic E-state index is 0.0473. The van der Waals surface area contributed by atoms with Crippen LogP contribution in [0.3, 0.4) is 0 Å². The molecule has 1 fully saturated rings. The van der Waals surface area contributed by atoms with Gasteiger partial charge in [0.05, 0.1) is 19.3 Å². The number of carboxylic acids is 1. The van der Waals surface area contributed by atoms with E-state index in [-0.39, 0.29) is 18.5 Å². The van der Waals surface area contributed by atoms with Crippen LogP contribution in [0, 0.1) is 5.92 Å². The lowest BCUT2D eigenvalue weighted by Gasteiger charge is -2.33. The summed E-state index contributed by atoms with van der Waals surface area (Å²) in [4.78, 5) is 24.4. The van der Waals surface area contributed by atoms with Crippen molar-refractivity contribution in [1.82, 2.24) is 10.2 Å². The number of carbonyl (C=O) groups is 2. The molecule has 0 radical (unpaired) electrons. The highest BCUT2D eigenvalue weighted by molar-refractivity contribution is 5.74. The summed E-state index contributed by atoms with van der Waals surface area (Å²) in [5.41, 5.74) is 0. The van der Waals surface area contributed by atoms with E-state index in [2.05, 4.69) is 12.2 Å². The minimum Gasteiger partial charge on any atom is -0.481 e. The first-order valence-corrected chi connectivity index (χ1v) is 7.38. The molecule has 2 amide bonds. The third-order valence-corrected chi connectivity index (χ3v) is 3.80. The van der Waals surface area contributed by atoms with Crippen molar-refractivity contribution in [2.45, 2.75) is 45.6 Å². The Bertz CT molecular complexity index is 322. The van der Waals surface area contributed by atoms with Crippen LogP contribution in [0.15, 0.2) is 0 Å². The number of ether oxygens (including phenoxy) is 1. The first-order valence-electron chi connectivity index (χ1n) is 7.38. The van der Waals surface area contributed by atoms with Crippen LogP contribution in [0.2, 0.25) is 0 Å². The van der Waals surface area contributed by atoms with Crippen molar-refractivity contribution < 1.29 is 19.4 Å². The molecule has 20 heavy (non-hydrogen) atoms. The number of hydrogen-bond donors (Lipinski definition) is 2. The Morgan fingerprint density at radius 1 is 1.45 bits per heavy atom. The maximum atomic E-state index is 12.0. The van der Waals surface area contributed by atoms with E-state index < -0.39 is 5.97 Å². The number of rotatable bonds is 7. The summed E-state index contributed by atoms with van der Waals surface area (Å²) in [7, 11) is 0. The lowest BCUT2D eigenvalue weighted by molar-refractivity contribution is -0.137. The fourth-order valence-electron chi connectivity index (χ4n) is 2.39. The van der Waals surface area contributed by atoms with Gasteiger partial charge in [-0.1, -0.05) is 13.3 Å². The standard InChI is InChI=1S/C14H26N2O4/c1-3-12(4-5-13(17)18)6-7-15-14(19)16-8-9-20-10-11(16)2/h11-12H,3-10H2,1-2H3,(H,15,19)(H,17,18). The average Bonchev–Trinajstić information content (AvgIpc) is 2.42. The largest absolute Gasteiger partial charge is 0.481 e. The highest BCUT2D eigenvalue weighted by Crippen LogP contribution is 2.15. The molecular weight excluding hydrogens is 260 g/mol. The molecule has 6 nitrogen and oxygen atoms in total. The van der Waals surface area contributed by atoms with Gasteiger partial charge in [0.1, 0.15) is 0 Å². The van der Waals surface area contributed by atoms with Crippen molar-refractivity contribution in [3.05, 3.63) is 0 Å². The molecule has 1 aliphatic rings. The Labute approximate surface area is 120 Å². The summed E-state index contributed by atoms with van der Waals surface area (Å²) in [5.74, 6) is -0.400. The zero-order chi connectivity index (χ0) is 15.0. The van der Waals surface area contributed by atoms with Crippen molar-refractivity contribution in [1.29, 1.82) is 0 Å². The molecule has 1 heterocycles. The van der Waals surface area contributed by atoms with Gasteiger partial charge in [0.15, 0.2) is 0 Å². The van der Waals surface area contributed by atoms with Crippen LogP contribution >= 0.6 is 0 Å². The van der Waals surface area contributed by atoms with Gasteiger partial charge < -0.3 is 20.1 Å². The van der Waals surface area contributed by atoms with E-state index in [1.807, 2.05) is 6.92 Å². The molecule has 1 aliphatic heterocycles. The molecule has 0 aromatic heterocycles. The average molecular weight is 286 g/mol. The Balaban J connectivity index is 2.24. The van der Waals surface area contributed by atoms with Gasteiger partial charge in [-0.05, 0) is 25.7 Å². The highest BCUT2D eigenvalue weighted by atomic mass is 16.5. The quantitative estimate of drug-likeness (QED) is 0.746. The smallest absolute Gasteiger partial charge is 0.317 e. The van der Waals surface area contributed by atoms with Crippen LogP contribution < -0.4 is 5.32 Å². The molecule has 0 bridgehead atoms. The lowest BCUT2D eigenvalue weighted by atomic mass is 9.97. The van der Waals surface area contributed by atoms with E-state index in [0.29, 0.717) is 38.6 Å². The predicted octanol–water partition coefficient (Wildman–Crippen LogP) is 1.70. The molecule has 116 valence electrons. The van der Waals surface area contributed by atoms with Crippen LogP contribution in [0.25, 0.3) is 0 Å². The fourth-order valence-corrected chi connectivity index (χ4v) is 2.39. The van der Waals surface area contributed by atoms with Crippen LogP contribution in [0.5, 0.6) is 0 Å². The molecule has 1 saturated heterocycles. The van der Waals surface area contributed by atoms with Crippen LogP contribution in [0.1, 0.15) is 39.5 Å². The number of nitrogens with one attached hydrogen (secondary N) is 1. The molecule has 0 saturated carbocycles. The zero-order valence-electron chi connectivity index (χ0n) is 12.4. The van der Waals surface area contributed by atoms with E-state index in [4.69, 9.17) is 9.84 Å². The van der Waals surface area contributed by atoms with Gasteiger partial charge in [-0.2, -0.15) is 0 Å². The number of amides is 2. The lowest BCUT2D eigenvalue weighted by Crippen LogP contribution is -2.51. The predicted molar refractivity (Wildman–Crippen MR) is 75.7 cm³/mol. The van der Waals surface area contributed by atoms with Crippen molar-refractivity contribution in [2.75, 3.05) is 26.3 Å². The number of carboxylic acid groups (broad SMARTS) is 1. The molecule has 1 rings (SSSR count). The fraction of sp³-hybridized carbons (Fsp3) is 0.857. The third-order valence-electron chi connectivity index (χ3n) is 3.80. The minimum atomic E-state index is -0.755. The van der Waals surface area contributed by atoms with Gasteiger partial charge in [-0.3, -0.25) is 4.79 Å². The maximum absolute atomic E-state index is 12.0. The molecule has 0 aliphatic carbocycles. The van der Waals surface area contributed by atoms with Crippen molar-refractivity contribution in [2.24, 2.45) is 5.92 Å². The normalized spacial score (nSPS) is 20.5. The molecule has 0 aromatic rings.